The highest BCUT2D eigenvalue weighted by Crippen LogP contribution is 2.36. The van der Waals surface area contributed by atoms with Crippen LogP contribution in [0.15, 0.2) is 41.3 Å². The van der Waals surface area contributed by atoms with Crippen LogP contribution >= 0.6 is 23.2 Å². The Kier molecular flexibility index (Phi) is 5.71. The van der Waals surface area contributed by atoms with E-state index in [1.165, 1.54) is 0 Å². The van der Waals surface area contributed by atoms with Crippen LogP contribution in [0.2, 0.25) is 10.0 Å². The summed E-state index contributed by atoms with van der Waals surface area (Å²) in [6, 6.07) is 10.7. The van der Waals surface area contributed by atoms with Crippen LogP contribution in [0.3, 0.4) is 0 Å². The molecule has 2 N–H and O–H groups in total. The lowest BCUT2D eigenvalue weighted by molar-refractivity contribution is 0.578. The number of halogens is 2. The summed E-state index contributed by atoms with van der Waals surface area (Å²) >= 11 is 12.5. The van der Waals surface area contributed by atoms with Crippen molar-refractivity contribution in [1.82, 2.24) is 10.0 Å². The van der Waals surface area contributed by atoms with E-state index in [1.807, 2.05) is 19.1 Å². The third-order valence-corrected chi connectivity index (χ3v) is 6.35. The van der Waals surface area contributed by atoms with Crippen molar-refractivity contribution in [2.75, 3.05) is 13.1 Å². The van der Waals surface area contributed by atoms with Crippen molar-refractivity contribution in [2.24, 2.45) is 0 Å². The van der Waals surface area contributed by atoms with Gasteiger partial charge in [-0.1, -0.05) is 42.3 Å². The van der Waals surface area contributed by atoms with Gasteiger partial charge in [0.2, 0.25) is 10.0 Å². The average Bonchev–Trinajstić information content (AvgIpc) is 2.59. The molecular weight excluding hydrogens is 379 g/mol. The average molecular weight is 399 g/mol. The number of sulfonamides is 1. The predicted octanol–water partition coefficient (Wildman–Crippen LogP) is 3.92. The SMILES string of the molecule is CCCNS(=O)(=O)c1cccc([C@@H]2CNCc3c(Cl)cc(Cl)cc32)c1. The van der Waals surface area contributed by atoms with Crippen molar-refractivity contribution in [2.45, 2.75) is 30.7 Å². The maximum atomic E-state index is 12.4. The van der Waals surface area contributed by atoms with Gasteiger partial charge in [-0.05, 0) is 47.4 Å². The highest BCUT2D eigenvalue weighted by Gasteiger charge is 2.25. The summed E-state index contributed by atoms with van der Waals surface area (Å²) in [5.74, 6) is 0.00118. The molecule has 134 valence electrons. The molecule has 0 saturated carbocycles. The summed E-state index contributed by atoms with van der Waals surface area (Å²) in [5, 5.41) is 4.57. The Balaban J connectivity index is 2.01. The van der Waals surface area contributed by atoms with Crippen LogP contribution < -0.4 is 10.0 Å². The molecule has 0 fully saturated rings. The Bertz CT molecular complexity index is 885. The van der Waals surface area contributed by atoms with Crippen molar-refractivity contribution in [3.8, 4) is 0 Å². The van der Waals surface area contributed by atoms with E-state index >= 15 is 0 Å². The van der Waals surface area contributed by atoms with Crippen LogP contribution in [0, 0.1) is 0 Å². The Hall–Kier alpha value is -1.11. The Morgan fingerprint density at radius 1 is 1.24 bits per heavy atom. The Morgan fingerprint density at radius 3 is 2.80 bits per heavy atom. The fourth-order valence-electron chi connectivity index (χ4n) is 3.09. The molecule has 1 aliphatic rings. The van der Waals surface area contributed by atoms with Crippen molar-refractivity contribution >= 4 is 33.2 Å². The summed E-state index contributed by atoms with van der Waals surface area (Å²) in [6.45, 7) is 3.73. The number of hydrogen-bond acceptors (Lipinski definition) is 3. The first-order valence-electron chi connectivity index (χ1n) is 8.20. The van der Waals surface area contributed by atoms with Gasteiger partial charge in [0, 0.05) is 35.6 Å². The quantitative estimate of drug-likeness (QED) is 0.802. The summed E-state index contributed by atoms with van der Waals surface area (Å²) in [7, 11) is -3.50. The molecule has 4 nitrogen and oxygen atoms in total. The minimum atomic E-state index is -3.50. The van der Waals surface area contributed by atoms with Crippen molar-refractivity contribution in [3.05, 3.63) is 63.1 Å². The van der Waals surface area contributed by atoms with Gasteiger partial charge in [-0.15, -0.1) is 0 Å². The zero-order chi connectivity index (χ0) is 18.0. The van der Waals surface area contributed by atoms with E-state index in [4.69, 9.17) is 23.2 Å². The minimum Gasteiger partial charge on any atom is -0.312 e. The van der Waals surface area contributed by atoms with Gasteiger partial charge in [-0.3, -0.25) is 0 Å². The molecule has 0 aromatic heterocycles. The van der Waals surface area contributed by atoms with Crippen molar-refractivity contribution < 1.29 is 8.42 Å². The molecule has 0 aliphatic carbocycles. The lowest BCUT2D eigenvalue weighted by atomic mass is 9.85. The molecule has 25 heavy (non-hydrogen) atoms. The molecule has 1 aliphatic heterocycles. The normalized spacial score (nSPS) is 17.3. The maximum absolute atomic E-state index is 12.4. The third-order valence-electron chi connectivity index (χ3n) is 4.33. The van der Waals surface area contributed by atoms with Gasteiger partial charge in [-0.2, -0.15) is 0 Å². The summed E-state index contributed by atoms with van der Waals surface area (Å²) in [5.41, 5.74) is 2.98. The minimum absolute atomic E-state index is 0.00118. The van der Waals surface area contributed by atoms with Crippen molar-refractivity contribution in [1.29, 1.82) is 0 Å². The van der Waals surface area contributed by atoms with E-state index in [1.54, 1.807) is 24.3 Å². The van der Waals surface area contributed by atoms with Crippen LogP contribution in [-0.2, 0) is 16.6 Å². The van der Waals surface area contributed by atoms with Crippen LogP contribution in [0.25, 0.3) is 0 Å². The first-order chi connectivity index (χ1) is 11.9. The van der Waals surface area contributed by atoms with Crippen LogP contribution in [0.4, 0.5) is 0 Å². The largest absolute Gasteiger partial charge is 0.312 e. The lowest BCUT2D eigenvalue weighted by Crippen LogP contribution is -2.29. The zero-order valence-electron chi connectivity index (χ0n) is 13.9. The molecule has 2 aromatic carbocycles. The van der Waals surface area contributed by atoms with Crippen LogP contribution in [0.5, 0.6) is 0 Å². The summed E-state index contributed by atoms with van der Waals surface area (Å²) < 4.78 is 27.4. The first-order valence-corrected chi connectivity index (χ1v) is 10.4. The van der Waals surface area contributed by atoms with Gasteiger partial charge in [0.05, 0.1) is 4.90 Å². The fraction of sp³-hybridized carbons (Fsp3) is 0.333. The van der Waals surface area contributed by atoms with E-state index in [9.17, 15) is 8.42 Å². The van der Waals surface area contributed by atoms with E-state index in [-0.39, 0.29) is 10.8 Å². The van der Waals surface area contributed by atoms with Gasteiger partial charge < -0.3 is 5.32 Å². The Labute approximate surface area is 158 Å². The highest BCUT2D eigenvalue weighted by molar-refractivity contribution is 7.89. The molecule has 1 heterocycles. The monoisotopic (exact) mass is 398 g/mol. The van der Waals surface area contributed by atoms with E-state index in [2.05, 4.69) is 10.0 Å². The number of nitrogens with one attached hydrogen (secondary N) is 2. The smallest absolute Gasteiger partial charge is 0.240 e. The zero-order valence-corrected chi connectivity index (χ0v) is 16.2. The van der Waals surface area contributed by atoms with Gasteiger partial charge in [0.15, 0.2) is 0 Å². The molecule has 3 rings (SSSR count). The third kappa shape index (κ3) is 4.01. The second-order valence-electron chi connectivity index (χ2n) is 6.11. The van der Waals surface area contributed by atoms with Gasteiger partial charge >= 0.3 is 0 Å². The number of fused-ring (bicyclic) bond motifs is 1. The van der Waals surface area contributed by atoms with Gasteiger partial charge in [0.1, 0.15) is 0 Å². The van der Waals surface area contributed by atoms with Crippen molar-refractivity contribution in [3.63, 3.8) is 0 Å². The fourth-order valence-corrected chi connectivity index (χ4v) is 4.85. The van der Waals surface area contributed by atoms with Crippen LogP contribution in [0.1, 0.15) is 36.0 Å². The highest BCUT2D eigenvalue weighted by atomic mass is 35.5. The topological polar surface area (TPSA) is 58.2 Å². The molecule has 0 bridgehead atoms. The maximum Gasteiger partial charge on any atom is 0.240 e. The van der Waals surface area contributed by atoms with Gasteiger partial charge in [-0.25, -0.2) is 13.1 Å². The summed E-state index contributed by atoms with van der Waals surface area (Å²) in [4.78, 5) is 0.277. The lowest BCUT2D eigenvalue weighted by Gasteiger charge is -2.28. The number of rotatable bonds is 5. The molecule has 0 unspecified atom stereocenters. The van der Waals surface area contributed by atoms with Crippen LogP contribution in [-0.4, -0.2) is 21.5 Å². The molecule has 0 spiro atoms. The molecule has 0 amide bonds. The first kappa shape index (κ1) is 18.7. The molecule has 0 radical (unpaired) electrons. The molecule has 2 aromatic rings. The predicted molar refractivity (Wildman–Crippen MR) is 102 cm³/mol. The van der Waals surface area contributed by atoms with E-state index in [0.717, 1.165) is 23.1 Å². The van der Waals surface area contributed by atoms with E-state index in [0.29, 0.717) is 29.7 Å². The summed E-state index contributed by atoms with van der Waals surface area (Å²) in [6.07, 6.45) is 0.746. The van der Waals surface area contributed by atoms with Gasteiger partial charge in [0.25, 0.3) is 0 Å². The number of hydrogen-bond donors (Lipinski definition) is 2. The second-order valence-corrected chi connectivity index (χ2v) is 8.72. The molecule has 1 atom stereocenters. The molecular formula is C18H20Cl2N2O2S. The standard InChI is InChI=1S/C18H20Cl2N2O2S/c1-2-6-22-25(23,24)14-5-3-4-12(7-14)16-10-21-11-17-15(16)8-13(19)9-18(17)20/h3-5,7-9,16,21-22H,2,6,10-11H2,1H3/t16-/m0/s1. The molecule has 7 heteroatoms. The second kappa shape index (κ2) is 7.64. The molecule has 0 saturated heterocycles. The Morgan fingerprint density at radius 2 is 2.04 bits per heavy atom. The number of benzene rings is 2. The van der Waals surface area contributed by atoms with E-state index < -0.39 is 10.0 Å².